The van der Waals surface area contributed by atoms with E-state index in [1.807, 2.05) is 13.0 Å². The Morgan fingerprint density at radius 1 is 1.30 bits per heavy atom. The molecule has 0 saturated carbocycles. The molecule has 216 valence electrons. The summed E-state index contributed by atoms with van der Waals surface area (Å²) >= 11 is 4.11. The first-order chi connectivity index (χ1) is 17.3. The van der Waals surface area contributed by atoms with Crippen LogP contribution in [0.2, 0.25) is 0 Å². The van der Waals surface area contributed by atoms with Crippen molar-refractivity contribution in [2.75, 3.05) is 12.3 Å². The maximum Gasteiger partial charge on any atom is 0.228 e. The van der Waals surface area contributed by atoms with Crippen molar-refractivity contribution in [2.45, 2.75) is 114 Å². The summed E-state index contributed by atoms with van der Waals surface area (Å²) in [5, 5.41) is 56.0. The molecule has 0 aromatic rings. The monoisotopic (exact) mass is 550 g/mol. The van der Waals surface area contributed by atoms with Crippen molar-refractivity contribution < 1.29 is 44.5 Å². The van der Waals surface area contributed by atoms with Gasteiger partial charge in [0.05, 0.1) is 48.6 Å². The van der Waals surface area contributed by atoms with Gasteiger partial charge in [0.2, 0.25) is 5.91 Å². The van der Waals surface area contributed by atoms with Crippen molar-refractivity contribution in [1.82, 2.24) is 5.32 Å². The van der Waals surface area contributed by atoms with Gasteiger partial charge in [0.25, 0.3) is 0 Å². The number of nitrogens with one attached hydrogen (secondary N) is 1. The third-order valence-electron chi connectivity index (χ3n) is 6.98. The molecule has 5 unspecified atom stereocenters. The van der Waals surface area contributed by atoms with E-state index < -0.39 is 72.7 Å². The Morgan fingerprint density at radius 3 is 2.57 bits per heavy atom. The van der Waals surface area contributed by atoms with Crippen LogP contribution < -0.4 is 11.1 Å². The molecule has 0 aromatic heterocycles. The Bertz CT molecular complexity index is 745. The van der Waals surface area contributed by atoms with Crippen LogP contribution in [0.25, 0.3) is 0 Å². The molecule has 2 aliphatic heterocycles. The van der Waals surface area contributed by atoms with E-state index in [9.17, 15) is 30.3 Å². The van der Waals surface area contributed by atoms with Crippen LogP contribution in [0.15, 0.2) is 12.2 Å². The summed E-state index contributed by atoms with van der Waals surface area (Å²) in [6.07, 6.45) is -4.27. The molecule has 0 spiro atoms. The zero-order valence-electron chi connectivity index (χ0n) is 22.1. The number of allylic oxidation sites excluding steroid dienone is 1. The fraction of sp³-hybridized carbons (Fsp3) is 0.880. The third-order valence-corrected chi connectivity index (χ3v) is 7.21. The summed E-state index contributed by atoms with van der Waals surface area (Å²) in [7, 11) is 0. The minimum atomic E-state index is -1.87. The van der Waals surface area contributed by atoms with Crippen LogP contribution in [0.3, 0.4) is 0 Å². The molecule has 0 aliphatic carbocycles. The number of aliphatic hydroxyl groups excluding tert-OH is 4. The number of ether oxygens (including phenoxy) is 3. The van der Waals surface area contributed by atoms with Crippen molar-refractivity contribution >= 4 is 18.5 Å². The van der Waals surface area contributed by atoms with Gasteiger partial charge in [-0.15, -0.1) is 0 Å². The Labute approximate surface area is 224 Å². The molecule has 11 nitrogen and oxygen atoms in total. The predicted octanol–water partition coefficient (Wildman–Crippen LogP) is -0.571. The van der Waals surface area contributed by atoms with E-state index in [0.717, 1.165) is 0 Å². The average molecular weight is 551 g/mol. The average Bonchev–Trinajstić information content (AvgIpc) is 2.82. The zero-order chi connectivity index (χ0) is 27.9. The topological polar surface area (TPSA) is 184 Å². The summed E-state index contributed by atoms with van der Waals surface area (Å²) in [5.41, 5.74) is 5.94. The Kier molecular flexibility index (Phi) is 12.7. The summed E-state index contributed by atoms with van der Waals surface area (Å²) in [6, 6.07) is -0.986. The first kappa shape index (κ1) is 32.4. The van der Waals surface area contributed by atoms with Gasteiger partial charge in [0, 0.05) is 31.6 Å². The van der Waals surface area contributed by atoms with Gasteiger partial charge in [0.1, 0.15) is 6.10 Å². The largest absolute Gasteiger partial charge is 0.393 e. The van der Waals surface area contributed by atoms with Crippen LogP contribution in [0, 0.1) is 11.8 Å². The van der Waals surface area contributed by atoms with E-state index in [1.165, 1.54) is 0 Å². The highest BCUT2D eigenvalue weighted by molar-refractivity contribution is 7.80. The highest BCUT2D eigenvalue weighted by Gasteiger charge is 2.50. The molecule has 2 saturated heterocycles. The first-order valence-electron chi connectivity index (χ1n) is 13.1. The lowest BCUT2D eigenvalue weighted by molar-refractivity contribution is -0.307. The van der Waals surface area contributed by atoms with Gasteiger partial charge in [-0.2, -0.15) is 12.6 Å². The molecule has 0 aromatic carbocycles. The number of carbonyl (C=O) groups is 1. The lowest BCUT2D eigenvalue weighted by Crippen LogP contribution is -2.62. The Morgan fingerprint density at radius 2 is 1.97 bits per heavy atom. The fourth-order valence-corrected chi connectivity index (χ4v) is 4.80. The normalized spacial score (nSPS) is 38.6. The smallest absolute Gasteiger partial charge is 0.228 e. The molecular formula is C25H46N2O9S. The minimum Gasteiger partial charge on any atom is -0.393 e. The summed E-state index contributed by atoms with van der Waals surface area (Å²) in [6.45, 7) is 7.43. The molecule has 2 heterocycles. The van der Waals surface area contributed by atoms with E-state index in [-0.39, 0.29) is 31.7 Å². The van der Waals surface area contributed by atoms with Crippen molar-refractivity contribution in [3.63, 3.8) is 0 Å². The summed E-state index contributed by atoms with van der Waals surface area (Å²) in [5.74, 6) is -3.11. The van der Waals surface area contributed by atoms with Crippen molar-refractivity contribution in [1.29, 1.82) is 0 Å². The molecular weight excluding hydrogens is 504 g/mol. The summed E-state index contributed by atoms with van der Waals surface area (Å²) < 4.78 is 17.7. The lowest BCUT2D eigenvalue weighted by atomic mass is 9.82. The molecule has 1 amide bonds. The van der Waals surface area contributed by atoms with Gasteiger partial charge in [-0.25, -0.2) is 0 Å². The number of carbonyl (C=O) groups excluding carboxylic acids is 1. The maximum atomic E-state index is 13.0. The van der Waals surface area contributed by atoms with Crippen LogP contribution in [0.4, 0.5) is 0 Å². The number of hydrogen-bond donors (Lipinski definition) is 8. The van der Waals surface area contributed by atoms with E-state index in [2.05, 4.69) is 17.9 Å². The molecule has 8 N–H and O–H groups in total. The lowest BCUT2D eigenvalue weighted by Gasteiger charge is -2.46. The van der Waals surface area contributed by atoms with E-state index in [1.54, 1.807) is 26.8 Å². The third kappa shape index (κ3) is 8.85. The first-order valence-corrected chi connectivity index (χ1v) is 13.7. The Balaban J connectivity index is 2.31. The SMILES string of the molecule is CC/C=C/[C@@H](C[C@@H]1O[C@](O)(C[C@@H](O)C(C)C)C[C@H](O)[C@H]1C(=O)NCCS)OC1OC(C)C(O)C(N)C1O. The number of amides is 1. The van der Waals surface area contributed by atoms with Gasteiger partial charge in [0.15, 0.2) is 12.1 Å². The molecule has 0 bridgehead atoms. The van der Waals surface area contributed by atoms with Crippen molar-refractivity contribution in [3.8, 4) is 0 Å². The van der Waals surface area contributed by atoms with Crippen LogP contribution in [-0.4, -0.2) is 105 Å². The van der Waals surface area contributed by atoms with Crippen LogP contribution >= 0.6 is 12.6 Å². The van der Waals surface area contributed by atoms with Gasteiger partial charge >= 0.3 is 0 Å². The number of nitrogens with two attached hydrogens (primary N) is 1. The molecule has 37 heavy (non-hydrogen) atoms. The number of thiol groups is 1. The number of hydrogen-bond acceptors (Lipinski definition) is 11. The molecule has 0 radical (unpaired) electrons. The second-order valence-corrected chi connectivity index (χ2v) is 10.9. The number of rotatable bonds is 12. The van der Waals surface area contributed by atoms with Crippen molar-refractivity contribution in [3.05, 3.63) is 12.2 Å². The second-order valence-electron chi connectivity index (χ2n) is 10.4. The predicted molar refractivity (Wildman–Crippen MR) is 140 cm³/mol. The van der Waals surface area contributed by atoms with Gasteiger partial charge in [-0.1, -0.05) is 32.9 Å². The number of aliphatic hydroxyl groups is 5. The highest BCUT2D eigenvalue weighted by Crippen LogP contribution is 2.38. The molecule has 12 heteroatoms. The van der Waals surface area contributed by atoms with Gasteiger partial charge < -0.3 is 50.8 Å². The molecule has 11 atom stereocenters. The van der Waals surface area contributed by atoms with E-state index >= 15 is 0 Å². The molecule has 2 aliphatic rings. The minimum absolute atomic E-state index is 0.0192. The summed E-state index contributed by atoms with van der Waals surface area (Å²) in [4.78, 5) is 13.0. The fourth-order valence-electron chi connectivity index (χ4n) is 4.68. The standard InChI is InChI=1S/C25H46N2O9S/c1-5-6-7-15(35-24-22(31)20(26)21(30)14(4)34-24)10-18-19(23(32)27-8-9-37)17(29)12-25(33,36-18)11-16(28)13(2)3/h6-7,13-22,24,28-31,33,37H,5,8-12,26H2,1-4H3,(H,27,32)/b7-6+/t14?,15-,16+,17-,18-,19+,20?,21?,22?,24?,25+/m0/s1. The Hall–Kier alpha value is -0.800. The van der Waals surface area contributed by atoms with Crippen molar-refractivity contribution in [2.24, 2.45) is 17.6 Å². The zero-order valence-corrected chi connectivity index (χ0v) is 23.0. The second kappa shape index (κ2) is 14.5. The quantitative estimate of drug-likeness (QED) is 0.116. The maximum absolute atomic E-state index is 13.0. The van der Waals surface area contributed by atoms with Crippen LogP contribution in [0.5, 0.6) is 0 Å². The van der Waals surface area contributed by atoms with Gasteiger partial charge in [-0.3, -0.25) is 4.79 Å². The van der Waals surface area contributed by atoms with Crippen LogP contribution in [-0.2, 0) is 19.0 Å². The van der Waals surface area contributed by atoms with Gasteiger partial charge in [-0.05, 0) is 19.3 Å². The van der Waals surface area contributed by atoms with E-state index in [4.69, 9.17) is 19.9 Å². The van der Waals surface area contributed by atoms with E-state index in [0.29, 0.717) is 12.2 Å². The molecule has 2 fully saturated rings. The molecule has 2 rings (SSSR count). The van der Waals surface area contributed by atoms with Crippen LogP contribution in [0.1, 0.15) is 53.4 Å². The highest BCUT2D eigenvalue weighted by atomic mass is 32.1.